The number of alkyl carbamates (subject to hydrolysis) is 1. The van der Waals surface area contributed by atoms with E-state index in [0.717, 1.165) is 35.1 Å². The van der Waals surface area contributed by atoms with Crippen LogP contribution in [0.5, 0.6) is 0 Å². The van der Waals surface area contributed by atoms with Gasteiger partial charge < -0.3 is 20.1 Å². The number of carbonyl (C=O) groups is 3. The van der Waals surface area contributed by atoms with E-state index in [2.05, 4.69) is 41.4 Å². The predicted octanol–water partition coefficient (Wildman–Crippen LogP) is 3.38. The van der Waals surface area contributed by atoms with Gasteiger partial charge in [0.15, 0.2) is 0 Å². The average molecular weight is 459 g/mol. The van der Waals surface area contributed by atoms with Crippen LogP contribution in [0.2, 0.25) is 0 Å². The molecule has 2 saturated heterocycles. The fourth-order valence-electron chi connectivity index (χ4n) is 5.60. The van der Waals surface area contributed by atoms with Gasteiger partial charge in [0.2, 0.25) is 0 Å². The largest absolute Gasteiger partial charge is 0.479 e. The first-order chi connectivity index (χ1) is 16.5. The van der Waals surface area contributed by atoms with Gasteiger partial charge in [-0.15, -0.1) is 0 Å². The number of carbonyl (C=O) groups excluding carboxylic acids is 2. The number of rotatable bonds is 4. The minimum absolute atomic E-state index is 0.0347. The summed E-state index contributed by atoms with van der Waals surface area (Å²) in [6.45, 7) is 0.571. The van der Waals surface area contributed by atoms with Crippen LogP contribution < -0.4 is 5.32 Å². The summed E-state index contributed by atoms with van der Waals surface area (Å²) in [7, 11) is 0. The van der Waals surface area contributed by atoms with Crippen molar-refractivity contribution in [2.45, 2.75) is 37.1 Å². The first-order valence-corrected chi connectivity index (χ1v) is 11.6. The van der Waals surface area contributed by atoms with Crippen molar-refractivity contribution < 1.29 is 24.2 Å². The first-order valence-electron chi connectivity index (χ1n) is 11.6. The molecular weight excluding hydrogens is 432 g/mol. The molecule has 2 aromatic rings. The zero-order chi connectivity index (χ0) is 23.7. The lowest BCUT2D eigenvalue weighted by Crippen LogP contribution is -2.64. The lowest BCUT2D eigenvalue weighted by Gasteiger charge is -2.51. The van der Waals surface area contributed by atoms with Crippen LogP contribution in [0.1, 0.15) is 42.7 Å². The Morgan fingerprint density at radius 2 is 1.65 bits per heavy atom. The second kappa shape index (κ2) is 8.86. The zero-order valence-electron chi connectivity index (χ0n) is 18.8. The number of amides is 2. The SMILES string of the molecule is O=C(NCC#CC(=O)N1CC2CCC1(C(=O)O)CC2)OCC1c2ccccc2-c2ccccc21. The van der Waals surface area contributed by atoms with Crippen molar-refractivity contribution in [3.63, 3.8) is 0 Å². The number of carboxylic acid groups (broad SMARTS) is 1. The van der Waals surface area contributed by atoms with Crippen molar-refractivity contribution >= 4 is 18.0 Å². The van der Waals surface area contributed by atoms with E-state index in [1.165, 1.54) is 4.90 Å². The van der Waals surface area contributed by atoms with E-state index >= 15 is 0 Å². The molecular formula is C27H26N2O5. The molecule has 2 aromatic carbocycles. The number of carboxylic acids is 1. The summed E-state index contributed by atoms with van der Waals surface area (Å²) in [6, 6.07) is 16.2. The number of fused-ring (bicyclic) bond motifs is 6. The Kier molecular flexibility index (Phi) is 5.74. The van der Waals surface area contributed by atoms with Crippen LogP contribution in [0.4, 0.5) is 4.79 Å². The molecule has 3 fully saturated rings. The Labute approximate surface area is 198 Å². The summed E-state index contributed by atoms with van der Waals surface area (Å²) in [4.78, 5) is 38.2. The molecule has 7 nitrogen and oxygen atoms in total. The predicted molar refractivity (Wildman–Crippen MR) is 125 cm³/mol. The van der Waals surface area contributed by atoms with Crippen LogP contribution in [0.3, 0.4) is 0 Å². The lowest BCUT2D eigenvalue weighted by molar-refractivity contribution is -0.167. The van der Waals surface area contributed by atoms with Gasteiger partial charge in [-0.1, -0.05) is 54.5 Å². The molecule has 0 spiro atoms. The van der Waals surface area contributed by atoms with Gasteiger partial charge in [0.25, 0.3) is 5.91 Å². The molecule has 2 heterocycles. The summed E-state index contributed by atoms with van der Waals surface area (Å²) in [5.41, 5.74) is 3.43. The molecule has 0 atom stereocenters. The molecule has 1 saturated carbocycles. The highest BCUT2D eigenvalue weighted by Gasteiger charge is 2.53. The molecule has 2 aliphatic heterocycles. The van der Waals surface area contributed by atoms with Gasteiger partial charge in [0, 0.05) is 12.5 Å². The Hall–Kier alpha value is -3.79. The van der Waals surface area contributed by atoms with Crippen LogP contribution in [-0.2, 0) is 14.3 Å². The number of aliphatic carboxylic acids is 1. The van der Waals surface area contributed by atoms with Crippen LogP contribution >= 0.6 is 0 Å². The number of hydrogen-bond donors (Lipinski definition) is 2. The number of piperidine rings is 2. The maximum atomic E-state index is 12.6. The van der Waals surface area contributed by atoms with E-state index in [-0.39, 0.29) is 19.1 Å². The molecule has 174 valence electrons. The van der Waals surface area contributed by atoms with E-state index in [1.54, 1.807) is 0 Å². The minimum atomic E-state index is -1.14. The Morgan fingerprint density at radius 3 is 2.26 bits per heavy atom. The van der Waals surface area contributed by atoms with Crippen molar-refractivity contribution in [3.8, 4) is 23.0 Å². The molecule has 4 aliphatic rings. The molecule has 6 rings (SSSR count). The third-order valence-electron chi connectivity index (χ3n) is 7.39. The van der Waals surface area contributed by atoms with Gasteiger partial charge in [-0.2, -0.15) is 0 Å². The van der Waals surface area contributed by atoms with E-state index < -0.39 is 23.5 Å². The third-order valence-corrected chi connectivity index (χ3v) is 7.39. The van der Waals surface area contributed by atoms with Crippen LogP contribution in [0.15, 0.2) is 48.5 Å². The van der Waals surface area contributed by atoms with E-state index in [1.807, 2.05) is 24.3 Å². The molecule has 2 N–H and O–H groups in total. The molecule has 2 aliphatic carbocycles. The Morgan fingerprint density at radius 1 is 1.03 bits per heavy atom. The van der Waals surface area contributed by atoms with E-state index in [4.69, 9.17) is 4.74 Å². The number of nitrogens with zero attached hydrogens (tertiary/aromatic N) is 1. The van der Waals surface area contributed by atoms with Crippen molar-refractivity contribution in [3.05, 3.63) is 59.7 Å². The normalized spacial score (nSPS) is 22.2. The molecule has 34 heavy (non-hydrogen) atoms. The topological polar surface area (TPSA) is 95.9 Å². The van der Waals surface area contributed by atoms with Crippen LogP contribution in [0.25, 0.3) is 11.1 Å². The summed E-state index contributed by atoms with van der Waals surface area (Å²) >= 11 is 0. The lowest BCUT2D eigenvalue weighted by atomic mass is 9.70. The highest BCUT2D eigenvalue weighted by Crippen LogP contribution is 2.45. The van der Waals surface area contributed by atoms with Crippen LogP contribution in [0, 0.1) is 17.8 Å². The summed E-state index contributed by atoms with van der Waals surface area (Å²) in [5.74, 6) is 3.99. The molecule has 2 bridgehead atoms. The van der Waals surface area contributed by atoms with Gasteiger partial charge in [0.05, 0.1) is 6.54 Å². The van der Waals surface area contributed by atoms with Crippen LogP contribution in [-0.4, -0.2) is 53.2 Å². The summed E-state index contributed by atoms with van der Waals surface area (Å²) in [6.07, 6.45) is 1.99. The fourth-order valence-corrected chi connectivity index (χ4v) is 5.60. The first kappa shape index (κ1) is 22.0. The number of nitrogens with one attached hydrogen (secondary N) is 1. The fraction of sp³-hybridized carbons (Fsp3) is 0.370. The number of hydrogen-bond acceptors (Lipinski definition) is 4. The van der Waals surface area contributed by atoms with Gasteiger partial charge in [-0.3, -0.25) is 4.79 Å². The summed E-state index contributed by atoms with van der Waals surface area (Å²) < 4.78 is 5.46. The zero-order valence-corrected chi connectivity index (χ0v) is 18.8. The third kappa shape index (κ3) is 3.79. The molecule has 0 radical (unpaired) electrons. The molecule has 7 heteroatoms. The summed E-state index contributed by atoms with van der Waals surface area (Å²) in [5, 5.41) is 12.3. The van der Waals surface area contributed by atoms with E-state index in [0.29, 0.717) is 25.3 Å². The van der Waals surface area contributed by atoms with Crippen molar-refractivity contribution in [2.24, 2.45) is 5.92 Å². The highest BCUT2D eigenvalue weighted by molar-refractivity contribution is 5.98. The van der Waals surface area contributed by atoms with Gasteiger partial charge >= 0.3 is 12.1 Å². The standard InChI is InChI=1S/C27H26N2O5/c30-24(29-16-18-11-13-27(29,14-12-18)25(31)32)10-5-15-28-26(33)34-17-23-21-8-3-1-6-19(21)20-7-2-4-9-22(20)23/h1-4,6-9,18,23H,11-17H2,(H,28,33)(H,31,32). The molecule has 0 aromatic heterocycles. The van der Waals surface area contributed by atoms with Crippen molar-refractivity contribution in [1.29, 1.82) is 0 Å². The van der Waals surface area contributed by atoms with Gasteiger partial charge in [-0.05, 0) is 59.8 Å². The smallest absolute Gasteiger partial charge is 0.407 e. The maximum absolute atomic E-state index is 12.6. The number of benzene rings is 2. The monoisotopic (exact) mass is 458 g/mol. The van der Waals surface area contributed by atoms with Gasteiger partial charge in [-0.25, -0.2) is 9.59 Å². The second-order valence-electron chi connectivity index (χ2n) is 9.18. The minimum Gasteiger partial charge on any atom is -0.479 e. The van der Waals surface area contributed by atoms with E-state index in [9.17, 15) is 19.5 Å². The van der Waals surface area contributed by atoms with Gasteiger partial charge in [0.1, 0.15) is 12.1 Å². The second-order valence-corrected chi connectivity index (χ2v) is 9.18. The quantitative estimate of drug-likeness (QED) is 0.685. The molecule has 0 unspecified atom stereocenters. The van der Waals surface area contributed by atoms with Crippen molar-refractivity contribution in [1.82, 2.24) is 10.2 Å². The Bertz CT molecular complexity index is 1160. The molecule has 2 amide bonds. The average Bonchev–Trinajstić information content (AvgIpc) is 3.19. The Balaban J connectivity index is 1.16. The number of ether oxygens (including phenoxy) is 1. The van der Waals surface area contributed by atoms with Crippen molar-refractivity contribution in [2.75, 3.05) is 19.7 Å². The highest BCUT2D eigenvalue weighted by atomic mass is 16.5. The maximum Gasteiger partial charge on any atom is 0.407 e.